The van der Waals surface area contributed by atoms with Crippen LogP contribution < -0.4 is 0 Å². The summed E-state index contributed by atoms with van der Waals surface area (Å²) >= 11 is 0. The van der Waals surface area contributed by atoms with Crippen LogP contribution in [-0.4, -0.2) is 61.8 Å². The summed E-state index contributed by atoms with van der Waals surface area (Å²) < 4.78 is 5.32. The second-order valence-corrected chi connectivity index (χ2v) is 4.74. The Bertz CT molecular complexity index is 173. The molecule has 1 aliphatic heterocycles. The van der Waals surface area contributed by atoms with Crippen molar-refractivity contribution in [3.63, 3.8) is 0 Å². The van der Waals surface area contributed by atoms with Crippen molar-refractivity contribution in [1.82, 2.24) is 9.80 Å². The van der Waals surface area contributed by atoms with E-state index in [1.54, 1.807) is 7.11 Å². The van der Waals surface area contributed by atoms with Gasteiger partial charge in [-0.25, -0.2) is 0 Å². The molecular formula is C12H26N2O. The first-order valence-electron chi connectivity index (χ1n) is 6.16. The second-order valence-electron chi connectivity index (χ2n) is 4.74. The van der Waals surface area contributed by atoms with Crippen LogP contribution >= 0.6 is 0 Å². The molecule has 0 bridgehead atoms. The molecule has 1 fully saturated rings. The van der Waals surface area contributed by atoms with Crippen LogP contribution in [0.25, 0.3) is 0 Å². The third-order valence-corrected chi connectivity index (χ3v) is 3.17. The van der Waals surface area contributed by atoms with E-state index in [9.17, 15) is 0 Å². The molecule has 15 heavy (non-hydrogen) atoms. The predicted molar refractivity (Wildman–Crippen MR) is 64.2 cm³/mol. The Balaban J connectivity index is 2.48. The van der Waals surface area contributed by atoms with E-state index < -0.39 is 0 Å². The molecule has 1 rings (SSSR count). The largest absolute Gasteiger partial charge is 0.383 e. The van der Waals surface area contributed by atoms with E-state index in [-0.39, 0.29) is 0 Å². The van der Waals surface area contributed by atoms with Gasteiger partial charge < -0.3 is 9.64 Å². The highest BCUT2D eigenvalue weighted by Crippen LogP contribution is 2.13. The van der Waals surface area contributed by atoms with E-state index in [1.807, 2.05) is 0 Å². The number of ether oxygens (including phenoxy) is 1. The monoisotopic (exact) mass is 214 g/mol. The smallest absolute Gasteiger partial charge is 0.0630 e. The van der Waals surface area contributed by atoms with E-state index in [0.717, 1.165) is 6.61 Å². The van der Waals surface area contributed by atoms with Crippen molar-refractivity contribution in [3.05, 3.63) is 0 Å². The van der Waals surface area contributed by atoms with Gasteiger partial charge in [0.05, 0.1) is 6.61 Å². The minimum Gasteiger partial charge on any atom is -0.383 e. The van der Waals surface area contributed by atoms with Gasteiger partial charge in [-0.15, -0.1) is 0 Å². The zero-order valence-corrected chi connectivity index (χ0v) is 10.7. The van der Waals surface area contributed by atoms with Gasteiger partial charge in [-0.1, -0.05) is 6.92 Å². The summed E-state index contributed by atoms with van der Waals surface area (Å²) in [4.78, 5) is 5.12. The van der Waals surface area contributed by atoms with Crippen molar-refractivity contribution in [2.45, 2.75) is 39.3 Å². The SMILES string of the molecule is CCCN1CCN(C(C)C)C(COC)C1. The van der Waals surface area contributed by atoms with E-state index in [4.69, 9.17) is 4.74 Å². The van der Waals surface area contributed by atoms with E-state index in [1.165, 1.54) is 32.6 Å². The molecule has 0 aromatic heterocycles. The highest BCUT2D eigenvalue weighted by molar-refractivity contribution is 4.83. The molecule has 1 atom stereocenters. The van der Waals surface area contributed by atoms with Crippen molar-refractivity contribution >= 4 is 0 Å². The van der Waals surface area contributed by atoms with Gasteiger partial charge in [0.25, 0.3) is 0 Å². The van der Waals surface area contributed by atoms with Gasteiger partial charge in [-0.05, 0) is 26.8 Å². The molecule has 0 aromatic rings. The van der Waals surface area contributed by atoms with Crippen LogP contribution in [0.5, 0.6) is 0 Å². The summed E-state index contributed by atoms with van der Waals surface area (Å²) in [5, 5.41) is 0. The van der Waals surface area contributed by atoms with E-state index in [0.29, 0.717) is 12.1 Å². The van der Waals surface area contributed by atoms with Crippen molar-refractivity contribution < 1.29 is 4.74 Å². The number of rotatable bonds is 5. The molecule has 0 aliphatic carbocycles. The van der Waals surface area contributed by atoms with Gasteiger partial charge in [-0.3, -0.25) is 4.90 Å². The van der Waals surface area contributed by atoms with Gasteiger partial charge in [0.2, 0.25) is 0 Å². The molecule has 3 nitrogen and oxygen atoms in total. The first-order valence-corrected chi connectivity index (χ1v) is 6.16. The average Bonchev–Trinajstić information content (AvgIpc) is 2.18. The number of hydrogen-bond acceptors (Lipinski definition) is 3. The van der Waals surface area contributed by atoms with Gasteiger partial charge in [0, 0.05) is 38.8 Å². The standard InChI is InChI=1S/C12H26N2O/c1-5-6-13-7-8-14(11(2)3)12(9-13)10-15-4/h11-12H,5-10H2,1-4H3. The third-order valence-electron chi connectivity index (χ3n) is 3.17. The Kier molecular flexibility index (Phi) is 5.58. The lowest BCUT2D eigenvalue weighted by Crippen LogP contribution is -2.57. The van der Waals surface area contributed by atoms with E-state index >= 15 is 0 Å². The molecule has 1 saturated heterocycles. The minimum absolute atomic E-state index is 0.579. The average molecular weight is 214 g/mol. The predicted octanol–water partition coefficient (Wildman–Crippen LogP) is 1.44. The maximum Gasteiger partial charge on any atom is 0.0630 e. The van der Waals surface area contributed by atoms with Crippen molar-refractivity contribution in [2.75, 3.05) is 39.9 Å². The lowest BCUT2D eigenvalue weighted by atomic mass is 10.1. The Hall–Kier alpha value is -0.120. The van der Waals surface area contributed by atoms with Gasteiger partial charge in [0.15, 0.2) is 0 Å². The normalized spacial score (nSPS) is 25.0. The number of methoxy groups -OCH3 is 1. The maximum absolute atomic E-state index is 5.32. The quantitative estimate of drug-likeness (QED) is 0.689. The lowest BCUT2D eigenvalue weighted by Gasteiger charge is -2.43. The van der Waals surface area contributed by atoms with Gasteiger partial charge in [0.1, 0.15) is 0 Å². The molecular weight excluding hydrogens is 188 g/mol. The Morgan fingerprint density at radius 2 is 2.07 bits per heavy atom. The molecule has 0 spiro atoms. The lowest BCUT2D eigenvalue weighted by molar-refractivity contribution is 0.00842. The topological polar surface area (TPSA) is 15.7 Å². The van der Waals surface area contributed by atoms with Crippen LogP contribution in [0.15, 0.2) is 0 Å². The van der Waals surface area contributed by atoms with Gasteiger partial charge in [-0.2, -0.15) is 0 Å². The van der Waals surface area contributed by atoms with Crippen LogP contribution in [0.2, 0.25) is 0 Å². The van der Waals surface area contributed by atoms with Gasteiger partial charge >= 0.3 is 0 Å². The summed E-state index contributed by atoms with van der Waals surface area (Å²) in [6, 6.07) is 1.21. The molecule has 90 valence electrons. The summed E-state index contributed by atoms with van der Waals surface area (Å²) in [6.07, 6.45) is 1.25. The Morgan fingerprint density at radius 1 is 1.33 bits per heavy atom. The number of nitrogens with zero attached hydrogens (tertiary/aromatic N) is 2. The molecule has 0 radical (unpaired) electrons. The summed E-state index contributed by atoms with van der Waals surface area (Å²) in [5.41, 5.74) is 0. The van der Waals surface area contributed by atoms with Crippen LogP contribution in [0.4, 0.5) is 0 Å². The highest BCUT2D eigenvalue weighted by Gasteiger charge is 2.27. The summed E-state index contributed by atoms with van der Waals surface area (Å²) in [5.74, 6) is 0. The first-order chi connectivity index (χ1) is 7.19. The fourth-order valence-corrected chi connectivity index (χ4v) is 2.47. The summed E-state index contributed by atoms with van der Waals surface area (Å²) in [6.45, 7) is 12.5. The van der Waals surface area contributed by atoms with Crippen LogP contribution in [0.3, 0.4) is 0 Å². The fraction of sp³-hybridized carbons (Fsp3) is 1.00. The first kappa shape index (κ1) is 12.9. The molecule has 3 heteroatoms. The minimum atomic E-state index is 0.579. The molecule has 0 amide bonds. The van der Waals surface area contributed by atoms with Crippen molar-refractivity contribution in [3.8, 4) is 0 Å². The zero-order chi connectivity index (χ0) is 11.3. The molecule has 0 saturated carbocycles. The fourth-order valence-electron chi connectivity index (χ4n) is 2.47. The molecule has 1 heterocycles. The number of piperazine rings is 1. The maximum atomic E-state index is 5.32. The summed E-state index contributed by atoms with van der Waals surface area (Å²) in [7, 11) is 1.80. The molecule has 0 aromatic carbocycles. The zero-order valence-electron chi connectivity index (χ0n) is 10.7. The highest BCUT2D eigenvalue weighted by atomic mass is 16.5. The third kappa shape index (κ3) is 3.74. The van der Waals surface area contributed by atoms with Crippen LogP contribution in [0, 0.1) is 0 Å². The van der Waals surface area contributed by atoms with Crippen LogP contribution in [-0.2, 0) is 4.74 Å². The van der Waals surface area contributed by atoms with Crippen molar-refractivity contribution in [1.29, 1.82) is 0 Å². The van der Waals surface area contributed by atoms with Crippen LogP contribution in [0.1, 0.15) is 27.2 Å². The second kappa shape index (κ2) is 6.46. The van der Waals surface area contributed by atoms with Crippen molar-refractivity contribution in [2.24, 2.45) is 0 Å². The Morgan fingerprint density at radius 3 is 2.60 bits per heavy atom. The number of hydrogen-bond donors (Lipinski definition) is 0. The Labute approximate surface area is 94.4 Å². The molecule has 1 aliphatic rings. The molecule has 0 N–H and O–H groups in total. The molecule has 1 unspecified atom stereocenters. The van der Waals surface area contributed by atoms with E-state index in [2.05, 4.69) is 30.6 Å².